The van der Waals surface area contributed by atoms with Crippen molar-refractivity contribution in [3.8, 4) is 11.3 Å². The van der Waals surface area contributed by atoms with Crippen molar-refractivity contribution in [2.24, 2.45) is 5.18 Å². The van der Waals surface area contributed by atoms with Crippen LogP contribution in [0.4, 0.5) is 24.5 Å². The summed E-state index contributed by atoms with van der Waals surface area (Å²) in [5.74, 6) is 0.421. The molecule has 31 heavy (non-hydrogen) atoms. The van der Waals surface area contributed by atoms with Gasteiger partial charge in [0.05, 0.1) is 17.4 Å². The van der Waals surface area contributed by atoms with E-state index in [0.29, 0.717) is 29.0 Å². The highest BCUT2D eigenvalue weighted by Crippen LogP contribution is 2.42. The predicted molar refractivity (Wildman–Crippen MR) is 111 cm³/mol. The lowest BCUT2D eigenvalue weighted by molar-refractivity contribution is -0.137. The largest absolute Gasteiger partial charge is 0.452 e. The highest BCUT2D eigenvalue weighted by molar-refractivity contribution is 6.00. The number of benzene rings is 2. The van der Waals surface area contributed by atoms with Crippen molar-refractivity contribution in [2.75, 3.05) is 5.32 Å². The van der Waals surface area contributed by atoms with Crippen LogP contribution in [0.1, 0.15) is 29.2 Å². The van der Waals surface area contributed by atoms with E-state index in [-0.39, 0.29) is 6.04 Å². The second-order valence-corrected chi connectivity index (χ2v) is 7.45. The van der Waals surface area contributed by atoms with E-state index in [2.05, 4.69) is 15.5 Å². The molecule has 0 bridgehead atoms. The van der Waals surface area contributed by atoms with E-state index in [0.717, 1.165) is 40.8 Å². The molecule has 2 aromatic heterocycles. The molecular formula is C23H16F3N3O2. The van der Waals surface area contributed by atoms with E-state index in [4.69, 9.17) is 4.42 Å². The molecule has 0 amide bonds. The quantitative estimate of drug-likeness (QED) is 0.359. The maximum Gasteiger partial charge on any atom is 0.416 e. The lowest BCUT2D eigenvalue weighted by Gasteiger charge is -2.11. The standard InChI is InChI=1S/C23H16F3N3O2/c24-23(25,26)15-4-1-13(2-5-15)22-21(18-9-10-27-12-20(18)31-22)28-16-6-7-17-14(11-16)3-8-19(17)29-30/h1-2,4-7,9-12,19,28H,3,8H2. The number of anilines is 2. The number of rotatable bonds is 4. The molecule has 0 radical (unpaired) electrons. The molecule has 156 valence electrons. The first-order valence-corrected chi connectivity index (χ1v) is 9.70. The molecule has 1 aliphatic rings. The summed E-state index contributed by atoms with van der Waals surface area (Å²) < 4.78 is 44.8. The van der Waals surface area contributed by atoms with Crippen LogP contribution in [-0.2, 0) is 12.6 Å². The third-order valence-electron chi connectivity index (χ3n) is 5.55. The summed E-state index contributed by atoms with van der Waals surface area (Å²) in [7, 11) is 0. The van der Waals surface area contributed by atoms with E-state index < -0.39 is 11.7 Å². The number of pyridine rings is 1. The molecule has 0 fully saturated rings. The summed E-state index contributed by atoms with van der Waals surface area (Å²) in [5.41, 5.74) is 3.73. The second kappa shape index (κ2) is 7.23. The van der Waals surface area contributed by atoms with Gasteiger partial charge in [0.1, 0.15) is 6.04 Å². The molecule has 5 rings (SSSR count). The van der Waals surface area contributed by atoms with Crippen LogP contribution in [0.25, 0.3) is 22.3 Å². The van der Waals surface area contributed by atoms with E-state index in [9.17, 15) is 18.1 Å². The van der Waals surface area contributed by atoms with E-state index >= 15 is 0 Å². The highest BCUT2D eigenvalue weighted by atomic mass is 19.4. The van der Waals surface area contributed by atoms with Gasteiger partial charge in [-0.3, -0.25) is 4.98 Å². The Morgan fingerprint density at radius 3 is 2.65 bits per heavy atom. The first-order chi connectivity index (χ1) is 14.9. The Labute approximate surface area is 174 Å². The summed E-state index contributed by atoms with van der Waals surface area (Å²) in [6.45, 7) is 0. The normalized spacial score (nSPS) is 15.8. The van der Waals surface area contributed by atoms with Gasteiger partial charge < -0.3 is 9.73 Å². The molecule has 0 saturated heterocycles. The SMILES string of the molecule is O=NC1CCc2cc(Nc3c(-c4ccc(C(F)(F)F)cc4)oc4cnccc34)ccc21. The third-order valence-corrected chi connectivity index (χ3v) is 5.55. The number of nitrogens with zero attached hydrogens (tertiary/aromatic N) is 2. The number of halogens is 3. The molecule has 1 N–H and O–H groups in total. The van der Waals surface area contributed by atoms with Crippen LogP contribution in [0.3, 0.4) is 0 Å². The van der Waals surface area contributed by atoms with Gasteiger partial charge in [0.2, 0.25) is 0 Å². The predicted octanol–water partition coefficient (Wildman–Crippen LogP) is 7.01. The maximum absolute atomic E-state index is 12.9. The summed E-state index contributed by atoms with van der Waals surface area (Å²) in [5, 5.41) is 7.29. The Morgan fingerprint density at radius 2 is 1.90 bits per heavy atom. The lowest BCUT2D eigenvalue weighted by Crippen LogP contribution is -2.04. The number of hydrogen-bond acceptors (Lipinski definition) is 5. The molecule has 1 atom stereocenters. The number of nitroso groups, excluding NO2 is 1. The van der Waals surface area contributed by atoms with Gasteiger partial charge in [0, 0.05) is 22.8 Å². The number of alkyl halides is 3. The Balaban J connectivity index is 1.57. The average Bonchev–Trinajstić information content (AvgIpc) is 3.34. The molecule has 5 nitrogen and oxygen atoms in total. The average molecular weight is 423 g/mol. The van der Waals surface area contributed by atoms with Crippen LogP contribution < -0.4 is 5.32 Å². The van der Waals surface area contributed by atoms with Gasteiger partial charge in [-0.15, -0.1) is 0 Å². The van der Waals surface area contributed by atoms with Crippen LogP contribution in [0.5, 0.6) is 0 Å². The first-order valence-electron chi connectivity index (χ1n) is 9.70. The van der Waals surface area contributed by atoms with Crippen LogP contribution in [-0.4, -0.2) is 4.98 Å². The maximum atomic E-state index is 12.9. The van der Waals surface area contributed by atoms with E-state index in [1.807, 2.05) is 18.2 Å². The van der Waals surface area contributed by atoms with Crippen molar-refractivity contribution in [1.29, 1.82) is 0 Å². The van der Waals surface area contributed by atoms with Gasteiger partial charge in [0.25, 0.3) is 0 Å². The Hall–Kier alpha value is -3.68. The molecule has 0 spiro atoms. The summed E-state index contributed by atoms with van der Waals surface area (Å²) in [4.78, 5) is 15.1. The Kier molecular flexibility index (Phi) is 4.50. The minimum Gasteiger partial charge on any atom is -0.452 e. The fourth-order valence-corrected chi connectivity index (χ4v) is 4.02. The van der Waals surface area contributed by atoms with E-state index in [1.165, 1.54) is 12.1 Å². The molecule has 0 saturated carbocycles. The molecule has 1 unspecified atom stereocenters. The van der Waals surface area contributed by atoms with Gasteiger partial charge >= 0.3 is 6.18 Å². The van der Waals surface area contributed by atoms with Crippen molar-refractivity contribution in [3.05, 3.63) is 82.5 Å². The summed E-state index contributed by atoms with van der Waals surface area (Å²) in [6.07, 6.45) is 0.248. The molecule has 8 heteroatoms. The minimum absolute atomic E-state index is 0.312. The van der Waals surface area contributed by atoms with Crippen LogP contribution in [0.15, 0.2) is 70.5 Å². The number of nitrogens with one attached hydrogen (secondary N) is 1. The fourth-order valence-electron chi connectivity index (χ4n) is 4.02. The monoisotopic (exact) mass is 423 g/mol. The van der Waals surface area contributed by atoms with Gasteiger partial charge in [-0.2, -0.15) is 18.1 Å². The number of aromatic nitrogens is 1. The van der Waals surface area contributed by atoms with Crippen molar-refractivity contribution in [3.63, 3.8) is 0 Å². The molecule has 2 aromatic carbocycles. The number of hydrogen-bond donors (Lipinski definition) is 1. The summed E-state index contributed by atoms with van der Waals surface area (Å²) in [6, 6.07) is 12.0. The lowest BCUT2D eigenvalue weighted by atomic mass is 10.1. The second-order valence-electron chi connectivity index (χ2n) is 7.45. The van der Waals surface area contributed by atoms with Gasteiger partial charge in [-0.05, 0) is 54.3 Å². The van der Waals surface area contributed by atoms with Crippen LogP contribution in [0.2, 0.25) is 0 Å². The number of fused-ring (bicyclic) bond motifs is 2. The molecule has 2 heterocycles. The Bertz CT molecular complexity index is 1280. The molecule has 4 aromatic rings. The van der Waals surface area contributed by atoms with Crippen molar-refractivity contribution in [2.45, 2.75) is 25.1 Å². The smallest absolute Gasteiger partial charge is 0.416 e. The molecule has 0 aliphatic heterocycles. The first kappa shape index (κ1) is 19.3. The fraction of sp³-hybridized carbons (Fsp3) is 0.174. The van der Waals surface area contributed by atoms with Gasteiger partial charge in [-0.25, -0.2) is 0 Å². The van der Waals surface area contributed by atoms with Crippen molar-refractivity contribution in [1.82, 2.24) is 4.98 Å². The molecular weight excluding hydrogens is 407 g/mol. The van der Waals surface area contributed by atoms with Crippen LogP contribution in [0, 0.1) is 4.91 Å². The van der Waals surface area contributed by atoms with Gasteiger partial charge in [0.15, 0.2) is 11.3 Å². The zero-order chi connectivity index (χ0) is 21.6. The minimum atomic E-state index is -4.41. The van der Waals surface area contributed by atoms with E-state index in [1.54, 1.807) is 18.5 Å². The Morgan fingerprint density at radius 1 is 1.10 bits per heavy atom. The molecule has 1 aliphatic carbocycles. The number of furan rings is 1. The zero-order valence-electron chi connectivity index (χ0n) is 16.1. The number of aryl methyl sites for hydroxylation is 1. The zero-order valence-corrected chi connectivity index (χ0v) is 16.1. The van der Waals surface area contributed by atoms with Crippen molar-refractivity contribution < 1.29 is 17.6 Å². The van der Waals surface area contributed by atoms with Crippen molar-refractivity contribution >= 4 is 22.3 Å². The topological polar surface area (TPSA) is 67.5 Å². The highest BCUT2D eigenvalue weighted by Gasteiger charge is 2.30. The van der Waals surface area contributed by atoms with Gasteiger partial charge in [-0.1, -0.05) is 23.4 Å². The summed E-state index contributed by atoms with van der Waals surface area (Å²) >= 11 is 0. The third kappa shape index (κ3) is 3.43. The van der Waals surface area contributed by atoms with Crippen LogP contribution >= 0.6 is 0 Å².